The summed E-state index contributed by atoms with van der Waals surface area (Å²) in [5.74, 6) is -0.784. The van der Waals surface area contributed by atoms with Crippen molar-refractivity contribution in [3.05, 3.63) is 29.3 Å². The van der Waals surface area contributed by atoms with Gasteiger partial charge in [-0.25, -0.2) is 0 Å². The fraction of sp³-hybridized carbons (Fsp3) is 0.182. The van der Waals surface area contributed by atoms with Crippen LogP contribution in [0, 0.1) is 0 Å². The molecule has 1 aromatic carbocycles. The number of hydrogen-bond donors (Lipinski definition) is 3. The molecule has 80 valence electrons. The second kappa shape index (κ2) is 4.61. The maximum atomic E-state index is 10.7. The lowest BCUT2D eigenvalue weighted by Gasteiger charge is -2.06. The molecule has 0 amide bonds. The Labute approximate surface area is 87.1 Å². The molecule has 0 saturated carbocycles. The third kappa shape index (κ3) is 2.57. The highest BCUT2D eigenvalue weighted by atomic mass is 16.3. The maximum Gasteiger partial charge on any atom is 0.163 e. The molecule has 1 aromatic rings. The highest BCUT2D eigenvalue weighted by Gasteiger charge is 2.09. The van der Waals surface area contributed by atoms with E-state index in [0.717, 1.165) is 0 Å². The van der Waals surface area contributed by atoms with Gasteiger partial charge in [0, 0.05) is 5.56 Å². The first-order valence-corrected chi connectivity index (χ1v) is 4.39. The van der Waals surface area contributed by atoms with Gasteiger partial charge in [0.15, 0.2) is 17.3 Å². The second-order valence-electron chi connectivity index (χ2n) is 3.10. The van der Waals surface area contributed by atoms with E-state index in [-0.39, 0.29) is 22.8 Å². The molecule has 0 aromatic heterocycles. The lowest BCUT2D eigenvalue weighted by atomic mass is 10.1. The summed E-state index contributed by atoms with van der Waals surface area (Å²) in [4.78, 5) is 10.7. The van der Waals surface area contributed by atoms with Gasteiger partial charge in [0.05, 0.1) is 6.61 Å². The standard InChI is InChI=1S/C11H12O4/c1-7(13)2-3-8-4-5-10(14)11(15)9(8)6-12/h2-5,12,14-15H,6H2,1H3/b3-2+. The Balaban J connectivity index is 3.19. The number of carbonyl (C=O) groups excluding carboxylic acids is 1. The van der Waals surface area contributed by atoms with Crippen LogP contribution in [0.25, 0.3) is 6.08 Å². The molecular formula is C11H12O4. The molecule has 0 aliphatic rings. The number of aliphatic hydroxyl groups is 1. The van der Waals surface area contributed by atoms with Crippen LogP contribution in [0.3, 0.4) is 0 Å². The number of aliphatic hydroxyl groups excluding tert-OH is 1. The molecular weight excluding hydrogens is 196 g/mol. The van der Waals surface area contributed by atoms with Crippen molar-refractivity contribution < 1.29 is 20.1 Å². The van der Waals surface area contributed by atoms with Crippen molar-refractivity contribution in [3.8, 4) is 11.5 Å². The van der Waals surface area contributed by atoms with E-state index in [1.54, 1.807) is 0 Å². The van der Waals surface area contributed by atoms with Gasteiger partial charge in [0.2, 0.25) is 0 Å². The van der Waals surface area contributed by atoms with E-state index in [1.165, 1.54) is 31.2 Å². The van der Waals surface area contributed by atoms with Gasteiger partial charge in [0.1, 0.15) is 0 Å². The summed E-state index contributed by atoms with van der Waals surface area (Å²) >= 11 is 0. The Morgan fingerprint density at radius 1 is 1.40 bits per heavy atom. The molecule has 0 unspecified atom stereocenters. The highest BCUT2D eigenvalue weighted by molar-refractivity contribution is 5.91. The van der Waals surface area contributed by atoms with Crippen molar-refractivity contribution in [1.82, 2.24) is 0 Å². The van der Waals surface area contributed by atoms with Crippen molar-refractivity contribution in [2.24, 2.45) is 0 Å². The summed E-state index contributed by atoms with van der Waals surface area (Å²) < 4.78 is 0. The molecule has 0 aliphatic heterocycles. The summed E-state index contributed by atoms with van der Waals surface area (Å²) in [6.45, 7) is 0.993. The zero-order valence-corrected chi connectivity index (χ0v) is 8.27. The number of ketones is 1. The molecule has 0 heterocycles. The van der Waals surface area contributed by atoms with E-state index >= 15 is 0 Å². The Hall–Kier alpha value is -1.81. The Kier molecular flexibility index (Phi) is 3.46. The van der Waals surface area contributed by atoms with Gasteiger partial charge in [-0.2, -0.15) is 0 Å². The van der Waals surface area contributed by atoms with Gasteiger partial charge in [-0.15, -0.1) is 0 Å². The van der Waals surface area contributed by atoms with Crippen molar-refractivity contribution in [2.75, 3.05) is 0 Å². The molecule has 0 aliphatic carbocycles. The molecule has 4 heteroatoms. The third-order valence-corrected chi connectivity index (χ3v) is 1.95. The van der Waals surface area contributed by atoms with Crippen molar-refractivity contribution in [3.63, 3.8) is 0 Å². The average Bonchev–Trinajstić information content (AvgIpc) is 2.19. The first-order valence-electron chi connectivity index (χ1n) is 4.39. The fourth-order valence-corrected chi connectivity index (χ4v) is 1.17. The van der Waals surface area contributed by atoms with Gasteiger partial charge in [-0.05, 0) is 24.6 Å². The van der Waals surface area contributed by atoms with E-state index in [9.17, 15) is 15.0 Å². The number of phenolic OH excluding ortho intramolecular Hbond substituents is 1. The van der Waals surface area contributed by atoms with E-state index < -0.39 is 6.61 Å². The largest absolute Gasteiger partial charge is 0.504 e. The molecule has 0 atom stereocenters. The summed E-state index contributed by atoms with van der Waals surface area (Å²) in [7, 11) is 0. The van der Waals surface area contributed by atoms with Crippen LogP contribution in [0.4, 0.5) is 0 Å². The lowest BCUT2D eigenvalue weighted by Crippen LogP contribution is -1.90. The molecule has 4 nitrogen and oxygen atoms in total. The Morgan fingerprint density at radius 3 is 2.60 bits per heavy atom. The van der Waals surface area contributed by atoms with Gasteiger partial charge >= 0.3 is 0 Å². The minimum Gasteiger partial charge on any atom is -0.504 e. The first-order chi connectivity index (χ1) is 7.06. The van der Waals surface area contributed by atoms with E-state index in [1.807, 2.05) is 0 Å². The van der Waals surface area contributed by atoms with Crippen LogP contribution in [0.1, 0.15) is 18.1 Å². The van der Waals surface area contributed by atoms with Crippen molar-refractivity contribution >= 4 is 11.9 Å². The highest BCUT2D eigenvalue weighted by Crippen LogP contribution is 2.31. The lowest BCUT2D eigenvalue weighted by molar-refractivity contribution is -0.112. The summed E-state index contributed by atoms with van der Waals surface area (Å²) in [6.07, 6.45) is 2.80. The molecule has 3 N–H and O–H groups in total. The SMILES string of the molecule is CC(=O)/C=C/c1ccc(O)c(O)c1CO. The number of allylic oxidation sites excluding steroid dienone is 1. The van der Waals surface area contributed by atoms with E-state index in [0.29, 0.717) is 5.56 Å². The molecule has 0 fully saturated rings. The molecule has 0 bridgehead atoms. The van der Waals surface area contributed by atoms with Gasteiger partial charge in [0.25, 0.3) is 0 Å². The van der Waals surface area contributed by atoms with Crippen molar-refractivity contribution in [1.29, 1.82) is 0 Å². The minimum atomic E-state index is -0.405. The molecule has 1 rings (SSSR count). The predicted octanol–water partition coefficient (Wildman–Crippen LogP) is 1.19. The number of hydrogen-bond acceptors (Lipinski definition) is 4. The molecule has 0 spiro atoms. The number of aromatic hydroxyl groups is 2. The smallest absolute Gasteiger partial charge is 0.163 e. The zero-order valence-electron chi connectivity index (χ0n) is 8.27. The van der Waals surface area contributed by atoms with Crippen LogP contribution >= 0.6 is 0 Å². The fourth-order valence-electron chi connectivity index (χ4n) is 1.17. The van der Waals surface area contributed by atoms with Crippen LogP contribution in [0.2, 0.25) is 0 Å². The number of carbonyl (C=O) groups is 1. The maximum absolute atomic E-state index is 10.7. The van der Waals surface area contributed by atoms with E-state index in [4.69, 9.17) is 5.11 Å². The molecule has 0 saturated heterocycles. The first kappa shape index (κ1) is 11.3. The minimum absolute atomic E-state index is 0.133. The predicted molar refractivity (Wildman–Crippen MR) is 55.4 cm³/mol. The summed E-state index contributed by atoms with van der Waals surface area (Å²) in [5, 5.41) is 27.6. The number of benzene rings is 1. The second-order valence-corrected chi connectivity index (χ2v) is 3.10. The average molecular weight is 208 g/mol. The van der Waals surface area contributed by atoms with Crippen LogP contribution < -0.4 is 0 Å². The van der Waals surface area contributed by atoms with Crippen LogP contribution in [0.5, 0.6) is 11.5 Å². The third-order valence-electron chi connectivity index (χ3n) is 1.95. The van der Waals surface area contributed by atoms with Gasteiger partial charge in [-0.3, -0.25) is 4.79 Å². The van der Waals surface area contributed by atoms with Gasteiger partial charge in [-0.1, -0.05) is 12.1 Å². The summed E-state index contributed by atoms with van der Waals surface area (Å²) in [5.41, 5.74) is 0.704. The van der Waals surface area contributed by atoms with E-state index in [2.05, 4.69) is 0 Å². The van der Waals surface area contributed by atoms with Crippen LogP contribution in [-0.2, 0) is 11.4 Å². The Morgan fingerprint density at radius 2 is 2.07 bits per heavy atom. The van der Waals surface area contributed by atoms with Gasteiger partial charge < -0.3 is 15.3 Å². The number of rotatable bonds is 3. The summed E-state index contributed by atoms with van der Waals surface area (Å²) in [6, 6.07) is 2.81. The topological polar surface area (TPSA) is 77.8 Å². The Bertz CT molecular complexity index is 407. The normalized spacial score (nSPS) is 10.8. The molecule has 0 radical (unpaired) electrons. The molecule has 15 heavy (non-hydrogen) atoms. The van der Waals surface area contributed by atoms with Crippen LogP contribution in [-0.4, -0.2) is 21.1 Å². The number of phenols is 2. The zero-order chi connectivity index (χ0) is 11.4. The van der Waals surface area contributed by atoms with Crippen molar-refractivity contribution in [2.45, 2.75) is 13.5 Å². The monoisotopic (exact) mass is 208 g/mol. The van der Waals surface area contributed by atoms with Crippen LogP contribution in [0.15, 0.2) is 18.2 Å². The quantitative estimate of drug-likeness (QED) is 0.515.